The van der Waals surface area contributed by atoms with E-state index in [1.54, 1.807) is 0 Å². The maximum atomic E-state index is 4.21. The topological polar surface area (TPSA) is 43.2 Å². The van der Waals surface area contributed by atoms with Crippen LogP contribution in [0.15, 0.2) is 10.3 Å². The molecule has 2 aliphatic heterocycles. The number of hydrogen-bond donors (Lipinski definition) is 1. The van der Waals surface area contributed by atoms with E-state index in [2.05, 4.69) is 20.6 Å². The van der Waals surface area contributed by atoms with Crippen LogP contribution in [0.5, 0.6) is 0 Å². The predicted molar refractivity (Wildman–Crippen MR) is 55.2 cm³/mol. The summed E-state index contributed by atoms with van der Waals surface area (Å²) in [6.07, 6.45) is 1.15. The molecular formula is C9H19N5. The molecule has 5 heteroatoms. The van der Waals surface area contributed by atoms with Crippen molar-refractivity contribution in [1.29, 1.82) is 0 Å². The van der Waals surface area contributed by atoms with Crippen LogP contribution in [0.2, 0.25) is 0 Å². The van der Waals surface area contributed by atoms with Gasteiger partial charge in [0.05, 0.1) is 12.6 Å². The number of rotatable bonds is 3. The van der Waals surface area contributed by atoms with Crippen LogP contribution in [0.1, 0.15) is 6.42 Å². The van der Waals surface area contributed by atoms with Crippen LogP contribution in [0.4, 0.5) is 0 Å². The fraction of sp³-hybridized carbons (Fsp3) is 1.00. The highest BCUT2D eigenvalue weighted by atomic mass is 15.6. The first kappa shape index (κ1) is 9.86. The Labute approximate surface area is 85.1 Å². The summed E-state index contributed by atoms with van der Waals surface area (Å²) >= 11 is 0. The number of likely N-dealkylation sites (N-methyl/N-ethyl adjacent to an activating group) is 1. The second-order valence-electron chi connectivity index (χ2n) is 4.08. The van der Waals surface area contributed by atoms with Crippen LogP contribution in [0.25, 0.3) is 0 Å². The van der Waals surface area contributed by atoms with Gasteiger partial charge in [0.1, 0.15) is 0 Å². The Bertz CT molecular complexity index is 199. The summed E-state index contributed by atoms with van der Waals surface area (Å²) in [6, 6.07) is 0.426. The molecule has 0 bridgehead atoms. The van der Waals surface area contributed by atoms with Gasteiger partial charge in [-0.2, -0.15) is 5.11 Å². The first-order valence-corrected chi connectivity index (χ1v) is 5.39. The van der Waals surface area contributed by atoms with E-state index in [0.717, 1.165) is 26.1 Å². The molecular weight excluding hydrogens is 178 g/mol. The molecule has 0 amide bonds. The van der Waals surface area contributed by atoms with Gasteiger partial charge in [-0.3, -0.25) is 5.01 Å². The summed E-state index contributed by atoms with van der Waals surface area (Å²) in [5, 5.41) is 13.5. The average Bonchev–Trinajstić information content (AvgIpc) is 2.63. The van der Waals surface area contributed by atoms with E-state index in [0.29, 0.717) is 6.04 Å². The normalized spacial score (nSPS) is 28.6. The van der Waals surface area contributed by atoms with Gasteiger partial charge in [-0.1, -0.05) is 5.22 Å². The van der Waals surface area contributed by atoms with E-state index in [1.807, 2.05) is 12.1 Å². The summed E-state index contributed by atoms with van der Waals surface area (Å²) in [5.74, 6) is 0. The molecule has 2 rings (SSSR count). The second kappa shape index (κ2) is 4.70. The minimum absolute atomic E-state index is 0.426. The van der Waals surface area contributed by atoms with Crippen LogP contribution >= 0.6 is 0 Å². The lowest BCUT2D eigenvalue weighted by molar-refractivity contribution is 0.231. The third kappa shape index (κ3) is 2.65. The Morgan fingerprint density at radius 3 is 2.79 bits per heavy atom. The Balaban J connectivity index is 1.64. The van der Waals surface area contributed by atoms with Gasteiger partial charge in [0.15, 0.2) is 0 Å². The summed E-state index contributed by atoms with van der Waals surface area (Å²) in [7, 11) is 1.98. The van der Waals surface area contributed by atoms with Gasteiger partial charge in [0.2, 0.25) is 0 Å². The minimum atomic E-state index is 0.426. The zero-order valence-electron chi connectivity index (χ0n) is 8.82. The Morgan fingerprint density at radius 2 is 2.14 bits per heavy atom. The third-order valence-corrected chi connectivity index (χ3v) is 2.83. The lowest BCUT2D eigenvalue weighted by atomic mass is 10.2. The molecule has 14 heavy (non-hydrogen) atoms. The zero-order valence-corrected chi connectivity index (χ0v) is 8.82. The molecule has 1 atom stereocenters. The van der Waals surface area contributed by atoms with Crippen molar-refractivity contribution < 1.29 is 0 Å². The summed E-state index contributed by atoms with van der Waals surface area (Å²) in [4.78, 5) is 2.50. The van der Waals surface area contributed by atoms with Gasteiger partial charge >= 0.3 is 0 Å². The molecule has 80 valence electrons. The van der Waals surface area contributed by atoms with E-state index in [1.165, 1.54) is 19.6 Å². The first-order valence-electron chi connectivity index (χ1n) is 5.39. The van der Waals surface area contributed by atoms with E-state index >= 15 is 0 Å². The Kier molecular flexibility index (Phi) is 3.31. The largest absolute Gasteiger partial charge is 0.314 e. The fourth-order valence-corrected chi connectivity index (χ4v) is 1.95. The van der Waals surface area contributed by atoms with Crippen molar-refractivity contribution >= 4 is 0 Å². The number of hydrogen-bond acceptors (Lipinski definition) is 5. The van der Waals surface area contributed by atoms with Gasteiger partial charge in [-0.25, -0.2) is 0 Å². The van der Waals surface area contributed by atoms with Crippen molar-refractivity contribution in [3.8, 4) is 0 Å². The van der Waals surface area contributed by atoms with Gasteiger partial charge in [-0.05, 0) is 6.42 Å². The van der Waals surface area contributed by atoms with Crippen LogP contribution in [-0.2, 0) is 0 Å². The van der Waals surface area contributed by atoms with Crippen molar-refractivity contribution in [2.24, 2.45) is 10.3 Å². The third-order valence-electron chi connectivity index (χ3n) is 2.83. The summed E-state index contributed by atoms with van der Waals surface area (Å²) in [5.41, 5.74) is 0. The number of nitrogens with zero attached hydrogens (tertiary/aromatic N) is 4. The fourth-order valence-electron chi connectivity index (χ4n) is 1.95. The lowest BCUT2D eigenvalue weighted by Gasteiger charge is -2.27. The van der Waals surface area contributed by atoms with Gasteiger partial charge < -0.3 is 10.2 Å². The van der Waals surface area contributed by atoms with E-state index in [4.69, 9.17) is 0 Å². The molecule has 5 nitrogen and oxygen atoms in total. The standard InChI is InChI=1S/C9H19N5/c1-13-8-9(11-12-13)2-5-14-6-3-10-4-7-14/h9-10H,2-8H2,1H3. The highest BCUT2D eigenvalue weighted by Gasteiger charge is 2.17. The van der Waals surface area contributed by atoms with Crippen LogP contribution < -0.4 is 5.32 Å². The van der Waals surface area contributed by atoms with Crippen molar-refractivity contribution in [3.05, 3.63) is 0 Å². The van der Waals surface area contributed by atoms with E-state index in [9.17, 15) is 0 Å². The molecule has 0 radical (unpaired) electrons. The molecule has 0 saturated carbocycles. The summed E-state index contributed by atoms with van der Waals surface area (Å²) < 4.78 is 0. The SMILES string of the molecule is CN1CC(CCN2CCNCC2)N=N1. The maximum absolute atomic E-state index is 4.21. The van der Waals surface area contributed by atoms with Crippen LogP contribution in [-0.4, -0.2) is 62.3 Å². The highest BCUT2D eigenvalue weighted by Crippen LogP contribution is 2.10. The molecule has 2 heterocycles. The quantitative estimate of drug-likeness (QED) is 0.690. The average molecular weight is 197 g/mol. The van der Waals surface area contributed by atoms with Crippen molar-refractivity contribution in [3.63, 3.8) is 0 Å². The molecule has 0 aromatic heterocycles. The molecule has 0 aromatic carbocycles. The van der Waals surface area contributed by atoms with Crippen molar-refractivity contribution in [2.75, 3.05) is 46.3 Å². The smallest absolute Gasteiger partial charge is 0.0933 e. The molecule has 1 saturated heterocycles. The van der Waals surface area contributed by atoms with Crippen LogP contribution in [0, 0.1) is 0 Å². The molecule has 1 N–H and O–H groups in total. The lowest BCUT2D eigenvalue weighted by Crippen LogP contribution is -2.44. The minimum Gasteiger partial charge on any atom is -0.314 e. The maximum Gasteiger partial charge on any atom is 0.0933 e. The number of nitrogens with one attached hydrogen (secondary N) is 1. The van der Waals surface area contributed by atoms with E-state index < -0.39 is 0 Å². The first-order chi connectivity index (χ1) is 6.84. The van der Waals surface area contributed by atoms with Gasteiger partial charge in [0.25, 0.3) is 0 Å². The molecule has 1 fully saturated rings. The molecule has 2 aliphatic rings. The zero-order chi connectivity index (χ0) is 9.80. The predicted octanol–water partition coefficient (Wildman–Crippen LogP) is -0.0371. The Morgan fingerprint density at radius 1 is 1.36 bits per heavy atom. The monoisotopic (exact) mass is 197 g/mol. The van der Waals surface area contributed by atoms with Crippen molar-refractivity contribution in [1.82, 2.24) is 15.2 Å². The highest BCUT2D eigenvalue weighted by molar-refractivity contribution is 4.75. The van der Waals surface area contributed by atoms with Crippen molar-refractivity contribution in [2.45, 2.75) is 12.5 Å². The molecule has 0 aliphatic carbocycles. The van der Waals surface area contributed by atoms with Gasteiger partial charge in [-0.15, -0.1) is 0 Å². The summed E-state index contributed by atoms with van der Waals surface area (Å²) in [6.45, 7) is 6.78. The van der Waals surface area contributed by atoms with Crippen LogP contribution in [0.3, 0.4) is 0 Å². The molecule has 0 spiro atoms. The molecule has 0 aromatic rings. The Hall–Kier alpha value is -0.680. The second-order valence-corrected chi connectivity index (χ2v) is 4.08. The molecule has 1 unspecified atom stereocenters. The van der Waals surface area contributed by atoms with Gasteiger partial charge in [0, 0.05) is 39.8 Å². The number of piperazine rings is 1. The van der Waals surface area contributed by atoms with E-state index in [-0.39, 0.29) is 0 Å².